The molecule has 204 valence electrons. The van der Waals surface area contributed by atoms with Gasteiger partial charge in [0, 0.05) is 56.1 Å². The molecular formula is C27H37N7O4. The Morgan fingerprint density at radius 1 is 1.18 bits per heavy atom. The van der Waals surface area contributed by atoms with E-state index in [1.165, 1.54) is 6.92 Å². The van der Waals surface area contributed by atoms with Crippen LogP contribution in [-0.4, -0.2) is 93.1 Å². The highest BCUT2D eigenvalue weighted by molar-refractivity contribution is 6.10. The van der Waals surface area contributed by atoms with Crippen LogP contribution in [0.15, 0.2) is 23.1 Å². The van der Waals surface area contributed by atoms with Gasteiger partial charge in [-0.1, -0.05) is 19.8 Å². The Bertz CT molecular complexity index is 1170. The minimum atomic E-state index is -0.796. The van der Waals surface area contributed by atoms with E-state index in [0.717, 1.165) is 50.8 Å². The summed E-state index contributed by atoms with van der Waals surface area (Å²) in [5, 5.41) is 12.3. The summed E-state index contributed by atoms with van der Waals surface area (Å²) in [6.45, 7) is 8.61. The molecule has 11 heteroatoms. The lowest BCUT2D eigenvalue weighted by atomic mass is 9.81. The van der Waals surface area contributed by atoms with Crippen molar-refractivity contribution >= 4 is 35.6 Å². The van der Waals surface area contributed by atoms with Gasteiger partial charge in [-0.25, -0.2) is 9.98 Å². The van der Waals surface area contributed by atoms with Crippen molar-refractivity contribution in [1.82, 2.24) is 19.8 Å². The molecule has 1 aromatic rings. The lowest BCUT2D eigenvalue weighted by molar-refractivity contribution is -0.139. The Labute approximate surface area is 223 Å². The van der Waals surface area contributed by atoms with Gasteiger partial charge >= 0.3 is 5.97 Å². The van der Waals surface area contributed by atoms with Gasteiger partial charge in [0.2, 0.25) is 11.9 Å². The number of carboxylic acid groups (broad SMARTS) is 1. The number of hydrogen-bond acceptors (Lipinski definition) is 9. The molecule has 2 fully saturated rings. The van der Waals surface area contributed by atoms with Crippen molar-refractivity contribution in [3.05, 3.63) is 23.7 Å². The molecule has 0 aromatic carbocycles. The van der Waals surface area contributed by atoms with Crippen molar-refractivity contribution in [1.29, 1.82) is 0 Å². The van der Waals surface area contributed by atoms with E-state index in [9.17, 15) is 14.4 Å². The molecule has 3 aliphatic heterocycles. The number of Topliss-reactive ketones (excluding diaryl/α,β-unsaturated/α-hetero) is 1. The van der Waals surface area contributed by atoms with E-state index in [4.69, 9.17) is 10.1 Å². The number of aliphatic imine (C=N–C) groups is 1. The van der Waals surface area contributed by atoms with Gasteiger partial charge in [0.05, 0.1) is 12.1 Å². The molecule has 4 aliphatic rings. The summed E-state index contributed by atoms with van der Waals surface area (Å²) < 4.78 is 0. The topological polar surface area (TPSA) is 131 Å². The standard InChI is InChI=1S/C27H37N7O4/c1-17-20-14-28-26(31-24(20)34(19-6-4-5-7-19)25(38)23(17)18(2)35)30-21-8-9-27(3,16-29-21)33-12-10-32(11-13-33)15-22(36)37/h8,14,16-17,19,23H,4-7,9-13,15H2,1-3H3,(H,36,37)(H,28,30,31). The van der Waals surface area contributed by atoms with Crippen LogP contribution in [0.4, 0.5) is 11.8 Å². The number of amides is 1. The second-order valence-electron chi connectivity index (χ2n) is 11.2. The maximum Gasteiger partial charge on any atom is 0.317 e. The van der Waals surface area contributed by atoms with Crippen molar-refractivity contribution < 1.29 is 19.5 Å². The van der Waals surface area contributed by atoms with E-state index in [1.807, 2.05) is 24.1 Å². The van der Waals surface area contributed by atoms with Crippen LogP contribution in [0, 0.1) is 5.92 Å². The van der Waals surface area contributed by atoms with Gasteiger partial charge < -0.3 is 10.4 Å². The number of nitrogens with zero attached hydrogens (tertiary/aromatic N) is 6. The van der Waals surface area contributed by atoms with Crippen LogP contribution in [0.3, 0.4) is 0 Å². The molecule has 1 saturated carbocycles. The van der Waals surface area contributed by atoms with E-state index in [-0.39, 0.29) is 35.7 Å². The number of piperazine rings is 1. The first-order valence-corrected chi connectivity index (χ1v) is 13.6. The second-order valence-corrected chi connectivity index (χ2v) is 11.2. The summed E-state index contributed by atoms with van der Waals surface area (Å²) in [4.78, 5) is 56.9. The fourth-order valence-electron chi connectivity index (χ4n) is 6.28. The number of aliphatic carboxylic acids is 1. The molecule has 0 bridgehead atoms. The average Bonchev–Trinajstić information content (AvgIpc) is 3.40. The maximum atomic E-state index is 13.5. The quantitative estimate of drug-likeness (QED) is 0.517. The SMILES string of the molecule is CC(=O)C1C(=O)N(C2CCCC2)c2nc(NC3=CCC(C)(N4CCN(CC(=O)O)CC4)C=N3)ncc2C1C. The zero-order valence-electron chi connectivity index (χ0n) is 22.4. The first-order valence-electron chi connectivity index (χ1n) is 13.6. The van der Waals surface area contributed by atoms with Gasteiger partial charge in [-0.2, -0.15) is 4.98 Å². The van der Waals surface area contributed by atoms with Gasteiger partial charge in [0.15, 0.2) is 0 Å². The fraction of sp³-hybridized carbons (Fsp3) is 0.630. The van der Waals surface area contributed by atoms with E-state index in [1.54, 1.807) is 11.1 Å². The van der Waals surface area contributed by atoms with Gasteiger partial charge in [-0.05, 0) is 39.2 Å². The number of hydrogen-bond donors (Lipinski definition) is 2. The van der Waals surface area contributed by atoms with Crippen LogP contribution in [0.2, 0.25) is 0 Å². The predicted molar refractivity (Wildman–Crippen MR) is 143 cm³/mol. The van der Waals surface area contributed by atoms with Crippen molar-refractivity contribution in [2.75, 3.05) is 42.9 Å². The molecule has 2 N–H and O–H groups in total. The van der Waals surface area contributed by atoms with Crippen LogP contribution in [0.5, 0.6) is 0 Å². The van der Waals surface area contributed by atoms with Gasteiger partial charge in [-0.15, -0.1) is 0 Å². The largest absolute Gasteiger partial charge is 0.480 e. The molecule has 11 nitrogen and oxygen atoms in total. The average molecular weight is 524 g/mol. The molecular weight excluding hydrogens is 486 g/mol. The molecule has 0 radical (unpaired) electrons. The molecule has 3 unspecified atom stereocenters. The number of carboxylic acids is 1. The summed E-state index contributed by atoms with van der Waals surface area (Å²) in [5.41, 5.74) is 0.582. The number of carbonyl (C=O) groups excluding carboxylic acids is 2. The third-order valence-electron chi connectivity index (χ3n) is 8.53. The maximum absolute atomic E-state index is 13.5. The highest BCUT2D eigenvalue weighted by atomic mass is 16.4. The minimum Gasteiger partial charge on any atom is -0.480 e. The molecule has 4 heterocycles. The Hall–Kier alpha value is -3.18. The number of aromatic nitrogens is 2. The first-order chi connectivity index (χ1) is 18.2. The molecule has 1 aromatic heterocycles. The van der Waals surface area contributed by atoms with Crippen molar-refractivity contribution in [3.63, 3.8) is 0 Å². The second kappa shape index (κ2) is 10.5. The summed E-state index contributed by atoms with van der Waals surface area (Å²) in [6, 6.07) is 0.0574. The van der Waals surface area contributed by atoms with E-state index < -0.39 is 11.9 Å². The van der Waals surface area contributed by atoms with E-state index in [2.05, 4.69) is 27.1 Å². The Morgan fingerprint density at radius 2 is 1.89 bits per heavy atom. The Morgan fingerprint density at radius 3 is 2.50 bits per heavy atom. The first kappa shape index (κ1) is 26.4. The number of ketones is 1. The molecule has 1 amide bonds. The van der Waals surface area contributed by atoms with Crippen LogP contribution in [-0.2, 0) is 14.4 Å². The summed E-state index contributed by atoms with van der Waals surface area (Å²) in [6.07, 6.45) is 10.4. The number of nitrogens with one attached hydrogen (secondary N) is 1. The van der Waals surface area contributed by atoms with Crippen molar-refractivity contribution in [2.24, 2.45) is 10.9 Å². The summed E-state index contributed by atoms with van der Waals surface area (Å²) in [5.74, 6) is -0.400. The molecule has 3 atom stereocenters. The number of rotatable bonds is 7. The monoisotopic (exact) mass is 523 g/mol. The van der Waals surface area contributed by atoms with E-state index in [0.29, 0.717) is 30.7 Å². The normalized spacial score (nSPS) is 28.8. The minimum absolute atomic E-state index is 0.0574. The van der Waals surface area contributed by atoms with Gasteiger partial charge in [-0.3, -0.25) is 29.1 Å². The molecule has 5 rings (SSSR count). The molecule has 1 aliphatic carbocycles. The number of fused-ring (bicyclic) bond motifs is 1. The van der Waals surface area contributed by atoms with Gasteiger partial charge in [0.1, 0.15) is 23.3 Å². The Balaban J connectivity index is 1.30. The fourth-order valence-corrected chi connectivity index (χ4v) is 6.28. The number of carbonyl (C=O) groups is 3. The predicted octanol–water partition coefficient (Wildman–Crippen LogP) is 2.26. The zero-order valence-corrected chi connectivity index (χ0v) is 22.4. The highest BCUT2D eigenvalue weighted by Crippen LogP contribution is 2.42. The Kier molecular flexibility index (Phi) is 7.32. The molecule has 1 saturated heterocycles. The summed E-state index contributed by atoms with van der Waals surface area (Å²) >= 11 is 0. The zero-order chi connectivity index (χ0) is 27.0. The molecule has 38 heavy (non-hydrogen) atoms. The lowest BCUT2D eigenvalue weighted by Crippen LogP contribution is -2.57. The van der Waals surface area contributed by atoms with Crippen LogP contribution >= 0.6 is 0 Å². The third kappa shape index (κ3) is 5.09. The van der Waals surface area contributed by atoms with E-state index >= 15 is 0 Å². The summed E-state index contributed by atoms with van der Waals surface area (Å²) in [7, 11) is 0. The van der Waals surface area contributed by atoms with Crippen LogP contribution in [0.25, 0.3) is 0 Å². The third-order valence-corrected chi connectivity index (χ3v) is 8.53. The van der Waals surface area contributed by atoms with Crippen LogP contribution < -0.4 is 10.2 Å². The lowest BCUT2D eigenvalue weighted by Gasteiger charge is -2.44. The van der Waals surface area contributed by atoms with Crippen molar-refractivity contribution in [2.45, 2.75) is 70.4 Å². The van der Waals surface area contributed by atoms with Crippen LogP contribution in [0.1, 0.15) is 64.4 Å². The number of anilines is 2. The van der Waals surface area contributed by atoms with Crippen molar-refractivity contribution in [3.8, 4) is 0 Å². The molecule has 0 spiro atoms. The smallest absolute Gasteiger partial charge is 0.317 e. The highest BCUT2D eigenvalue weighted by Gasteiger charge is 2.45. The van der Waals surface area contributed by atoms with Gasteiger partial charge in [0.25, 0.3) is 0 Å².